The van der Waals surface area contributed by atoms with E-state index in [9.17, 15) is 0 Å². The largest absolute Gasteiger partial charge is 0.264 e. The molecule has 14 heteroatoms. The maximum atomic E-state index is 4.10. The number of aromatic nitrogens is 14. The van der Waals surface area contributed by atoms with E-state index in [1.54, 1.807) is 12.5 Å². The van der Waals surface area contributed by atoms with Crippen molar-refractivity contribution in [3.63, 3.8) is 0 Å². The van der Waals surface area contributed by atoms with Gasteiger partial charge in [0, 0.05) is 66.7 Å². The first-order chi connectivity index (χ1) is 42.0. The van der Waals surface area contributed by atoms with E-state index in [0.717, 1.165) is 63.0 Å². The summed E-state index contributed by atoms with van der Waals surface area (Å²) in [5.74, 6) is 3.11. The molecule has 9 rings (SSSR count). The van der Waals surface area contributed by atoms with E-state index in [1.165, 1.54) is 50.1 Å². The molecule has 0 aliphatic rings. The quantitative estimate of drug-likeness (QED) is 0.140. The molecule has 0 unspecified atom stereocenters. The van der Waals surface area contributed by atoms with Crippen molar-refractivity contribution >= 4 is 0 Å². The predicted molar refractivity (Wildman–Crippen MR) is 381 cm³/mol. The average Bonchev–Trinajstić information content (AvgIpc) is 3.55. The molecule has 0 saturated carbocycles. The fourth-order valence-electron chi connectivity index (χ4n) is 5.15. The highest BCUT2D eigenvalue weighted by Crippen LogP contribution is 2.04. The normalized spacial score (nSPS) is 8.34. The Balaban J connectivity index is -0.000000163. The molecular weight excluding hydrogens is 1080 g/mol. The van der Waals surface area contributed by atoms with Crippen LogP contribution in [-0.4, -0.2) is 70.2 Å². The van der Waals surface area contributed by atoms with E-state index < -0.39 is 0 Å². The molecule has 0 bridgehead atoms. The van der Waals surface area contributed by atoms with Gasteiger partial charge in [-0.3, -0.25) is 19.9 Å². The van der Waals surface area contributed by atoms with Gasteiger partial charge in [0.2, 0.25) is 0 Å². The molecule has 0 saturated heterocycles. The van der Waals surface area contributed by atoms with Crippen molar-refractivity contribution in [1.82, 2.24) is 70.2 Å². The van der Waals surface area contributed by atoms with Gasteiger partial charge >= 0.3 is 0 Å². The molecule has 0 spiro atoms. The zero-order valence-corrected chi connectivity index (χ0v) is 61.8. The third-order valence-electron chi connectivity index (χ3n) is 11.1. The Morgan fingerprint density at radius 2 is 0.545 bits per heavy atom. The molecule has 0 aliphatic carbocycles. The van der Waals surface area contributed by atoms with Gasteiger partial charge < -0.3 is 0 Å². The molecule has 14 nitrogen and oxygen atoms in total. The van der Waals surface area contributed by atoms with E-state index >= 15 is 0 Å². The zero-order valence-electron chi connectivity index (χ0n) is 61.8. The standard InChI is InChI=1S/C8H10.4C7H9N.2C6H9N3.2C6H8N2.7C2H6/c1-7-5-3-4-6-8(7)2;2*1-6-3-4-8-5-7(6)2;2*1-6-4-3-5-8-7(6)2;1-4-7-5(2)9-6(3)8-4;1-4-5(2)8-9-6(3)7-4;1-5-3-7-4-8-6(5)2;1-5-3-4-7-8-6(5)2;7*1-2/h3-6H,1-2H3;4*3-5H,1-2H3;2*1-3H3;2*3-4H,1-2H3;7*1-2H3. The number of hydrogen-bond acceptors (Lipinski definition) is 14. The van der Waals surface area contributed by atoms with Crippen LogP contribution >= 0.6 is 0 Å². The number of rotatable bonds is 0. The molecule has 0 N–H and O–H groups in total. The van der Waals surface area contributed by atoms with Gasteiger partial charge in [-0.05, 0) is 224 Å². The third-order valence-corrected chi connectivity index (χ3v) is 11.1. The van der Waals surface area contributed by atoms with E-state index in [2.05, 4.69) is 162 Å². The van der Waals surface area contributed by atoms with Crippen molar-refractivity contribution < 1.29 is 0 Å². The summed E-state index contributed by atoms with van der Waals surface area (Å²) < 4.78 is 0. The Morgan fingerprint density at radius 3 is 0.773 bits per heavy atom. The smallest absolute Gasteiger partial charge is 0.148 e. The van der Waals surface area contributed by atoms with Gasteiger partial charge in [0.25, 0.3) is 0 Å². The molecule has 8 aromatic heterocycles. The average molecular weight is 1210 g/mol. The summed E-state index contributed by atoms with van der Waals surface area (Å²) in [4.78, 5) is 40.0. The number of nitrogens with zero attached hydrogens (tertiary/aromatic N) is 14. The second-order valence-electron chi connectivity index (χ2n) is 17.4. The van der Waals surface area contributed by atoms with Gasteiger partial charge in [0.05, 0.1) is 17.1 Å². The summed E-state index contributed by atoms with van der Waals surface area (Å²) in [7, 11) is 0. The highest BCUT2D eigenvalue weighted by molar-refractivity contribution is 5.24. The van der Waals surface area contributed by atoms with Crippen molar-refractivity contribution in [2.75, 3.05) is 0 Å². The van der Waals surface area contributed by atoms with Crippen molar-refractivity contribution in [2.24, 2.45) is 0 Å². The molecule has 0 aliphatic heterocycles. The Kier molecular flexibility index (Phi) is 69.2. The van der Waals surface area contributed by atoms with Crippen molar-refractivity contribution in [3.05, 3.63) is 236 Å². The van der Waals surface area contributed by atoms with Crippen molar-refractivity contribution in [1.29, 1.82) is 0 Å². The third kappa shape index (κ3) is 52.3. The van der Waals surface area contributed by atoms with Crippen LogP contribution in [0.15, 0.2) is 123 Å². The van der Waals surface area contributed by atoms with Crippen LogP contribution < -0.4 is 0 Å². The number of aryl methyl sites for hydroxylation is 20. The fraction of sp³-hybridized carbons (Fsp3) is 0.459. The predicted octanol–water partition coefficient (Wildman–Crippen LogP) is 20.1. The first-order valence-electron chi connectivity index (χ1n) is 31.3. The second-order valence-corrected chi connectivity index (χ2v) is 17.4. The van der Waals surface area contributed by atoms with Crippen LogP contribution in [0.5, 0.6) is 0 Å². The molecule has 0 fully saturated rings. The lowest BCUT2D eigenvalue weighted by molar-refractivity contribution is 0.848. The molecule has 8 heterocycles. The molecule has 0 radical (unpaired) electrons. The molecule has 0 atom stereocenters. The van der Waals surface area contributed by atoms with Crippen LogP contribution in [0.1, 0.15) is 210 Å². The first kappa shape index (κ1) is 93.7. The monoisotopic (exact) mass is 1210 g/mol. The van der Waals surface area contributed by atoms with Crippen molar-refractivity contribution in [2.45, 2.75) is 235 Å². The lowest BCUT2D eigenvalue weighted by Gasteiger charge is -1.94. The Hall–Kier alpha value is -8.00. The van der Waals surface area contributed by atoms with Gasteiger partial charge in [-0.1, -0.05) is 133 Å². The number of benzene rings is 1. The lowest BCUT2D eigenvalue weighted by Crippen LogP contribution is -1.97. The summed E-state index contributed by atoms with van der Waals surface area (Å²) in [5.41, 5.74) is 18.9. The highest BCUT2D eigenvalue weighted by Gasteiger charge is 1.95. The minimum absolute atomic E-state index is 0.734. The van der Waals surface area contributed by atoms with E-state index in [1.807, 2.05) is 254 Å². The Bertz CT molecular complexity index is 2370. The van der Waals surface area contributed by atoms with Gasteiger partial charge in [-0.15, -0.1) is 5.10 Å². The van der Waals surface area contributed by atoms with Crippen LogP contribution in [0.25, 0.3) is 0 Å². The number of pyridine rings is 4. The van der Waals surface area contributed by atoms with Crippen LogP contribution in [-0.2, 0) is 0 Å². The molecule has 488 valence electrons. The highest BCUT2D eigenvalue weighted by atomic mass is 15.2. The minimum atomic E-state index is 0.734. The van der Waals surface area contributed by atoms with Crippen molar-refractivity contribution in [3.8, 4) is 0 Å². The maximum absolute atomic E-state index is 4.10. The molecule has 9 aromatic rings. The van der Waals surface area contributed by atoms with Crippen LogP contribution in [0.2, 0.25) is 0 Å². The van der Waals surface area contributed by atoms with Gasteiger partial charge in [-0.25, -0.2) is 29.9 Å². The van der Waals surface area contributed by atoms with Gasteiger partial charge in [-0.2, -0.15) is 15.3 Å². The summed E-state index contributed by atoms with van der Waals surface area (Å²) in [6.07, 6.45) is 16.0. The summed E-state index contributed by atoms with van der Waals surface area (Å²) in [6.45, 7) is 67.8. The van der Waals surface area contributed by atoms with Crippen LogP contribution in [0.3, 0.4) is 0 Å². The zero-order chi connectivity index (χ0) is 69.6. The van der Waals surface area contributed by atoms with Gasteiger partial charge in [0.15, 0.2) is 0 Å². The van der Waals surface area contributed by atoms with E-state index in [0.29, 0.717) is 0 Å². The fourth-order valence-corrected chi connectivity index (χ4v) is 5.15. The maximum Gasteiger partial charge on any atom is 0.148 e. The molecule has 88 heavy (non-hydrogen) atoms. The van der Waals surface area contributed by atoms with E-state index in [4.69, 9.17) is 0 Å². The van der Waals surface area contributed by atoms with Crippen LogP contribution in [0.4, 0.5) is 0 Å². The van der Waals surface area contributed by atoms with E-state index in [-0.39, 0.29) is 0 Å². The minimum Gasteiger partial charge on any atom is -0.264 e. The van der Waals surface area contributed by atoms with Gasteiger partial charge in [0.1, 0.15) is 29.6 Å². The Morgan fingerprint density at radius 1 is 0.216 bits per heavy atom. The lowest BCUT2D eigenvalue weighted by atomic mass is 10.1. The molecular formula is C74H122N14. The van der Waals surface area contributed by atoms with Crippen LogP contribution in [0, 0.1) is 138 Å². The summed E-state index contributed by atoms with van der Waals surface area (Å²) in [5, 5.41) is 15.2. The SMILES string of the molecule is CC.CC.CC.CC.CC.CC.CC.Cc1ccccc1C.Cc1cccnc1C.Cc1cccnc1C.Cc1ccncc1C.Cc1ccncc1C.Cc1ccnnc1C.Cc1cncnc1C.Cc1nc(C)nc(C)n1.Cc1nnc(C)c(C)n1. The summed E-state index contributed by atoms with van der Waals surface area (Å²) in [6, 6.07) is 22.3. The molecule has 1 aromatic carbocycles. The first-order valence-corrected chi connectivity index (χ1v) is 31.3. The second kappa shape index (κ2) is 65.0. The molecule has 0 amide bonds. The Labute approximate surface area is 538 Å². The summed E-state index contributed by atoms with van der Waals surface area (Å²) >= 11 is 0. The topological polar surface area (TPSA) is 180 Å². The number of hydrogen-bond donors (Lipinski definition) is 0.